The molecule has 2 fully saturated rings. The number of benzene rings is 2. The molecular weight excluding hydrogens is 357 g/mol. The topological polar surface area (TPSA) is 64.4 Å². The normalized spacial score (nSPS) is 22.3. The average Bonchev–Trinajstić information content (AvgIpc) is 3.03. The zero-order chi connectivity index (χ0) is 19.7. The van der Waals surface area contributed by atoms with Crippen LogP contribution in [0.5, 0.6) is 0 Å². The van der Waals surface area contributed by atoms with Gasteiger partial charge in [-0.1, -0.05) is 30.3 Å². The van der Waals surface area contributed by atoms with Crippen molar-refractivity contribution in [2.24, 2.45) is 0 Å². The molecule has 142 valence electrons. The van der Waals surface area contributed by atoms with E-state index >= 15 is 0 Å². The highest BCUT2D eigenvalue weighted by Gasteiger charge is 2.46. The van der Waals surface area contributed by atoms with Gasteiger partial charge < -0.3 is 0 Å². The van der Waals surface area contributed by atoms with E-state index in [4.69, 9.17) is 0 Å². The Hall–Kier alpha value is -3.04. The summed E-state index contributed by atoms with van der Waals surface area (Å²) in [5, 5.41) is 9.83. The van der Waals surface area contributed by atoms with Crippen molar-refractivity contribution in [2.75, 3.05) is 18.0 Å². The van der Waals surface area contributed by atoms with Crippen molar-refractivity contribution >= 4 is 17.5 Å². The van der Waals surface area contributed by atoms with Gasteiger partial charge in [0, 0.05) is 13.1 Å². The van der Waals surface area contributed by atoms with E-state index in [0.717, 1.165) is 10.5 Å². The Balaban J connectivity index is 1.49. The molecule has 0 radical (unpaired) electrons. The van der Waals surface area contributed by atoms with Gasteiger partial charge in [-0.3, -0.25) is 14.5 Å². The number of hydrogen-bond acceptors (Lipinski definition) is 4. The van der Waals surface area contributed by atoms with Gasteiger partial charge in [0.15, 0.2) is 0 Å². The maximum atomic E-state index is 13.2. The van der Waals surface area contributed by atoms with Crippen LogP contribution in [0.4, 0.5) is 10.1 Å². The van der Waals surface area contributed by atoms with Crippen molar-refractivity contribution in [1.29, 1.82) is 5.26 Å². The molecule has 4 rings (SSSR count). The SMILES string of the molecule is N#CC1(c2ccccc2)CCN([C@@H]2CC(=O)N(c3ccc(F)cc3)C2=O)CC1. The Morgan fingerprint density at radius 3 is 2.25 bits per heavy atom. The standard InChI is InChI=1S/C22H20FN3O2/c23-17-6-8-18(9-7-17)26-20(27)14-19(21(26)28)25-12-10-22(15-24,11-13-25)16-4-2-1-3-5-16/h1-9,19H,10-14H2/t19-/m1/s1. The van der Waals surface area contributed by atoms with E-state index in [0.29, 0.717) is 31.6 Å². The minimum Gasteiger partial charge on any atom is -0.291 e. The van der Waals surface area contributed by atoms with E-state index < -0.39 is 17.3 Å². The van der Waals surface area contributed by atoms with Crippen molar-refractivity contribution in [3.63, 3.8) is 0 Å². The zero-order valence-electron chi connectivity index (χ0n) is 15.3. The van der Waals surface area contributed by atoms with Crippen LogP contribution in [0.1, 0.15) is 24.8 Å². The van der Waals surface area contributed by atoms with Crippen molar-refractivity contribution in [3.8, 4) is 6.07 Å². The van der Waals surface area contributed by atoms with E-state index in [1.54, 1.807) is 0 Å². The molecule has 2 amide bonds. The van der Waals surface area contributed by atoms with E-state index in [1.165, 1.54) is 24.3 Å². The molecule has 0 spiro atoms. The molecule has 0 N–H and O–H groups in total. The molecule has 2 heterocycles. The number of anilines is 1. The Morgan fingerprint density at radius 1 is 1.00 bits per heavy atom. The molecule has 0 aromatic heterocycles. The molecule has 1 atom stereocenters. The van der Waals surface area contributed by atoms with Gasteiger partial charge in [-0.05, 0) is 42.7 Å². The van der Waals surface area contributed by atoms with Gasteiger partial charge >= 0.3 is 0 Å². The van der Waals surface area contributed by atoms with Crippen LogP contribution in [0.15, 0.2) is 54.6 Å². The lowest BCUT2D eigenvalue weighted by Crippen LogP contribution is -2.49. The van der Waals surface area contributed by atoms with Crippen LogP contribution in [-0.2, 0) is 15.0 Å². The predicted molar refractivity (Wildman–Crippen MR) is 102 cm³/mol. The monoisotopic (exact) mass is 377 g/mol. The van der Waals surface area contributed by atoms with Crippen molar-refractivity contribution < 1.29 is 14.0 Å². The van der Waals surface area contributed by atoms with Crippen molar-refractivity contribution in [2.45, 2.75) is 30.7 Å². The zero-order valence-corrected chi connectivity index (χ0v) is 15.3. The minimum absolute atomic E-state index is 0.112. The highest BCUT2D eigenvalue weighted by atomic mass is 19.1. The predicted octanol–water partition coefficient (Wildman–Crippen LogP) is 3.01. The fraction of sp³-hybridized carbons (Fsp3) is 0.318. The lowest BCUT2D eigenvalue weighted by Gasteiger charge is -2.39. The maximum absolute atomic E-state index is 13.2. The number of nitrogens with zero attached hydrogens (tertiary/aromatic N) is 3. The van der Waals surface area contributed by atoms with Gasteiger partial charge in [0.2, 0.25) is 5.91 Å². The third-order valence-corrected chi connectivity index (χ3v) is 5.84. The Labute approximate surface area is 163 Å². The van der Waals surface area contributed by atoms with Gasteiger partial charge in [-0.15, -0.1) is 0 Å². The van der Waals surface area contributed by atoms with Crippen LogP contribution < -0.4 is 4.90 Å². The first-order chi connectivity index (χ1) is 13.5. The molecule has 2 saturated heterocycles. The highest BCUT2D eigenvalue weighted by Crippen LogP contribution is 2.37. The second-order valence-electron chi connectivity index (χ2n) is 7.36. The number of rotatable bonds is 3. The summed E-state index contributed by atoms with van der Waals surface area (Å²) in [7, 11) is 0. The van der Waals surface area contributed by atoms with E-state index in [9.17, 15) is 19.2 Å². The summed E-state index contributed by atoms with van der Waals surface area (Å²) in [6, 6.07) is 17.1. The Kier molecular flexibility index (Phi) is 4.70. The molecule has 0 saturated carbocycles. The molecule has 2 aromatic carbocycles. The molecule has 28 heavy (non-hydrogen) atoms. The lowest BCUT2D eigenvalue weighted by atomic mass is 9.74. The summed E-state index contributed by atoms with van der Waals surface area (Å²) in [5.41, 5.74) is 0.838. The second kappa shape index (κ2) is 7.17. The minimum atomic E-state index is -0.555. The number of hydrogen-bond donors (Lipinski definition) is 0. The van der Waals surface area contributed by atoms with E-state index in [1.807, 2.05) is 35.2 Å². The summed E-state index contributed by atoms with van der Waals surface area (Å²) in [4.78, 5) is 28.5. The summed E-state index contributed by atoms with van der Waals surface area (Å²) in [6.07, 6.45) is 1.34. The lowest BCUT2D eigenvalue weighted by molar-refractivity contribution is -0.123. The molecule has 2 aliphatic rings. The molecular formula is C22H20FN3O2. The number of amides is 2. The van der Waals surface area contributed by atoms with Gasteiger partial charge in [0.1, 0.15) is 5.82 Å². The maximum Gasteiger partial charge on any atom is 0.251 e. The van der Waals surface area contributed by atoms with E-state index in [-0.39, 0.29) is 18.2 Å². The number of carbonyl (C=O) groups excluding carboxylic acids is 2. The molecule has 6 heteroatoms. The van der Waals surface area contributed by atoms with Crippen LogP contribution >= 0.6 is 0 Å². The quantitative estimate of drug-likeness (QED) is 0.772. The van der Waals surface area contributed by atoms with Crippen LogP contribution in [0.3, 0.4) is 0 Å². The van der Waals surface area contributed by atoms with Crippen LogP contribution in [0.25, 0.3) is 0 Å². The van der Waals surface area contributed by atoms with Crippen molar-refractivity contribution in [3.05, 3.63) is 66.0 Å². The number of halogens is 1. The summed E-state index contributed by atoms with van der Waals surface area (Å²) in [6.45, 7) is 1.15. The first kappa shape index (κ1) is 18.3. The summed E-state index contributed by atoms with van der Waals surface area (Å²) in [5.74, 6) is -0.966. The summed E-state index contributed by atoms with van der Waals surface area (Å²) >= 11 is 0. The van der Waals surface area contributed by atoms with Gasteiger partial charge in [-0.2, -0.15) is 5.26 Å². The second-order valence-corrected chi connectivity index (χ2v) is 7.36. The smallest absolute Gasteiger partial charge is 0.251 e. The fourth-order valence-corrected chi connectivity index (χ4v) is 4.20. The van der Waals surface area contributed by atoms with Gasteiger partial charge in [0.05, 0.1) is 29.6 Å². The first-order valence-electron chi connectivity index (χ1n) is 9.37. The molecule has 2 aliphatic heterocycles. The van der Waals surface area contributed by atoms with Gasteiger partial charge in [0.25, 0.3) is 5.91 Å². The van der Waals surface area contributed by atoms with Crippen molar-refractivity contribution in [1.82, 2.24) is 4.90 Å². The number of nitriles is 1. The van der Waals surface area contributed by atoms with Crippen LogP contribution in [0, 0.1) is 17.1 Å². The summed E-state index contributed by atoms with van der Waals surface area (Å²) < 4.78 is 13.2. The molecule has 2 aromatic rings. The highest BCUT2D eigenvalue weighted by molar-refractivity contribution is 6.22. The fourth-order valence-electron chi connectivity index (χ4n) is 4.20. The number of piperidine rings is 1. The van der Waals surface area contributed by atoms with Crippen LogP contribution in [0.2, 0.25) is 0 Å². The molecule has 0 bridgehead atoms. The number of imide groups is 1. The Morgan fingerprint density at radius 2 is 1.64 bits per heavy atom. The first-order valence-corrected chi connectivity index (χ1v) is 9.37. The third-order valence-electron chi connectivity index (χ3n) is 5.84. The van der Waals surface area contributed by atoms with Gasteiger partial charge in [-0.25, -0.2) is 9.29 Å². The molecule has 5 nitrogen and oxygen atoms in total. The van der Waals surface area contributed by atoms with E-state index in [2.05, 4.69) is 6.07 Å². The number of carbonyl (C=O) groups is 2. The number of likely N-dealkylation sites (tertiary alicyclic amines) is 1. The Bertz CT molecular complexity index is 929. The molecule has 0 unspecified atom stereocenters. The van der Waals surface area contributed by atoms with Crippen LogP contribution in [-0.4, -0.2) is 35.8 Å². The molecule has 0 aliphatic carbocycles. The average molecular weight is 377 g/mol. The largest absolute Gasteiger partial charge is 0.291 e. The third kappa shape index (κ3) is 3.08.